The first kappa shape index (κ1) is 18.8. The van der Waals surface area contributed by atoms with E-state index in [1.807, 2.05) is 18.2 Å². The molecule has 1 amide bonds. The summed E-state index contributed by atoms with van der Waals surface area (Å²) in [5.41, 5.74) is 0.695. The van der Waals surface area contributed by atoms with Gasteiger partial charge < -0.3 is 14.1 Å². The van der Waals surface area contributed by atoms with Gasteiger partial charge in [0.05, 0.1) is 25.2 Å². The Balaban J connectivity index is 1.15. The number of amides is 1. The molecule has 0 aromatic carbocycles. The second-order valence-corrected chi connectivity index (χ2v) is 8.47. The predicted molar refractivity (Wildman–Crippen MR) is 107 cm³/mol. The Kier molecular flexibility index (Phi) is 5.15. The third kappa shape index (κ3) is 3.84. The lowest BCUT2D eigenvalue weighted by Gasteiger charge is -2.29. The number of likely N-dealkylation sites (tertiary alicyclic amines) is 2. The van der Waals surface area contributed by atoms with Crippen LogP contribution in [0.5, 0.6) is 0 Å². The van der Waals surface area contributed by atoms with Crippen molar-refractivity contribution < 1.29 is 13.9 Å². The minimum Gasteiger partial charge on any atom is -0.458 e. The lowest BCUT2D eigenvalue weighted by atomic mass is 9.85. The van der Waals surface area contributed by atoms with Gasteiger partial charge >= 0.3 is 0 Å². The fraction of sp³-hybridized carbons (Fsp3) is 0.619. The van der Waals surface area contributed by atoms with Gasteiger partial charge in [-0.1, -0.05) is 0 Å². The molecule has 3 aliphatic rings. The molecule has 1 unspecified atom stereocenters. The van der Waals surface area contributed by atoms with Crippen molar-refractivity contribution in [2.45, 2.75) is 19.4 Å². The summed E-state index contributed by atoms with van der Waals surface area (Å²) in [6.45, 7) is 8.78. The number of nitrogens with zero attached hydrogens (tertiary/aromatic N) is 4. The number of hydrogen-bond acceptors (Lipinski definition) is 6. The Morgan fingerprint density at radius 1 is 1.03 bits per heavy atom. The van der Waals surface area contributed by atoms with E-state index in [1.165, 1.54) is 0 Å². The minimum absolute atomic E-state index is 0.191. The molecule has 0 saturated carbocycles. The Morgan fingerprint density at radius 3 is 2.72 bits per heavy atom. The van der Waals surface area contributed by atoms with E-state index < -0.39 is 0 Å². The summed E-state index contributed by atoms with van der Waals surface area (Å²) in [5.74, 6) is 2.09. The number of hydrogen-bond donors (Lipinski definition) is 1. The molecular weight excluding hydrogens is 370 g/mol. The summed E-state index contributed by atoms with van der Waals surface area (Å²) >= 11 is 0. The number of ether oxygens (including phenoxy) is 1. The molecule has 2 aromatic heterocycles. The van der Waals surface area contributed by atoms with Crippen molar-refractivity contribution in [3.63, 3.8) is 0 Å². The number of carbonyl (C=O) groups excluding carboxylic acids is 1. The zero-order valence-corrected chi connectivity index (χ0v) is 16.8. The molecule has 8 heteroatoms. The summed E-state index contributed by atoms with van der Waals surface area (Å²) in [6.07, 6.45) is 3.65. The smallest absolute Gasteiger partial charge is 0.230 e. The van der Waals surface area contributed by atoms with Crippen molar-refractivity contribution >= 4 is 5.91 Å². The van der Waals surface area contributed by atoms with Crippen LogP contribution in [-0.2, 0) is 16.1 Å². The zero-order chi connectivity index (χ0) is 19.7. The normalized spacial score (nSPS) is 26.2. The molecule has 0 radical (unpaired) electrons. The van der Waals surface area contributed by atoms with E-state index >= 15 is 0 Å². The second-order valence-electron chi connectivity index (χ2n) is 8.47. The molecule has 29 heavy (non-hydrogen) atoms. The van der Waals surface area contributed by atoms with Gasteiger partial charge in [0.1, 0.15) is 11.5 Å². The Bertz CT molecular complexity index is 829. The third-order valence-corrected chi connectivity index (χ3v) is 6.63. The molecule has 8 nitrogen and oxygen atoms in total. The Hall–Kier alpha value is -2.16. The van der Waals surface area contributed by atoms with Gasteiger partial charge in [-0.25, -0.2) is 0 Å². The SMILES string of the molecule is O=C1N(CCN2CCOCC2)CCC12CCN(Cc1ccc(-c3ccn[nH]3)o1)C2. The van der Waals surface area contributed by atoms with Gasteiger partial charge in [-0.05, 0) is 37.6 Å². The lowest BCUT2D eigenvalue weighted by molar-refractivity contribution is -0.135. The van der Waals surface area contributed by atoms with E-state index in [4.69, 9.17) is 9.15 Å². The largest absolute Gasteiger partial charge is 0.458 e. The average Bonchev–Trinajstić information content (AvgIpc) is 3.53. The molecule has 0 bridgehead atoms. The predicted octanol–water partition coefficient (Wildman–Crippen LogP) is 1.43. The van der Waals surface area contributed by atoms with Crippen molar-refractivity contribution in [3.05, 3.63) is 30.2 Å². The van der Waals surface area contributed by atoms with Crippen LogP contribution in [0.3, 0.4) is 0 Å². The minimum atomic E-state index is -0.191. The van der Waals surface area contributed by atoms with Crippen LogP contribution >= 0.6 is 0 Å². The van der Waals surface area contributed by atoms with E-state index in [2.05, 4.69) is 24.9 Å². The molecule has 3 aliphatic heterocycles. The summed E-state index contributed by atoms with van der Waals surface area (Å²) in [5, 5.41) is 6.90. The standard InChI is InChI=1S/C21H29N5O3/c27-20-21(5-8-26(20)10-9-24-11-13-28-14-12-24)4-7-25(16-21)15-17-1-2-19(29-17)18-3-6-22-23-18/h1-3,6H,4-5,7-16H2,(H,22,23). The molecule has 5 rings (SSSR count). The summed E-state index contributed by atoms with van der Waals surface area (Å²) in [7, 11) is 0. The maximum Gasteiger partial charge on any atom is 0.230 e. The van der Waals surface area contributed by atoms with Gasteiger partial charge in [-0.3, -0.25) is 19.7 Å². The number of aromatic amines is 1. The van der Waals surface area contributed by atoms with Gasteiger partial charge in [-0.2, -0.15) is 5.10 Å². The monoisotopic (exact) mass is 399 g/mol. The Morgan fingerprint density at radius 2 is 1.90 bits per heavy atom. The molecular formula is C21H29N5O3. The fourth-order valence-corrected chi connectivity index (χ4v) is 4.89. The summed E-state index contributed by atoms with van der Waals surface area (Å²) in [4.78, 5) is 20.0. The van der Waals surface area contributed by atoms with Crippen molar-refractivity contribution in [2.75, 3.05) is 59.0 Å². The van der Waals surface area contributed by atoms with E-state index in [0.717, 1.165) is 95.6 Å². The van der Waals surface area contributed by atoms with Crippen LogP contribution in [0.15, 0.2) is 28.8 Å². The summed E-state index contributed by atoms with van der Waals surface area (Å²) in [6, 6.07) is 5.89. The van der Waals surface area contributed by atoms with E-state index in [0.29, 0.717) is 5.91 Å². The molecule has 1 spiro atoms. The molecule has 5 heterocycles. The van der Waals surface area contributed by atoms with Crippen LogP contribution in [0.25, 0.3) is 11.5 Å². The zero-order valence-electron chi connectivity index (χ0n) is 16.8. The number of morpholine rings is 1. The molecule has 1 N–H and O–H groups in total. The number of furan rings is 1. The number of carbonyl (C=O) groups is 1. The number of nitrogens with one attached hydrogen (secondary N) is 1. The highest BCUT2D eigenvalue weighted by atomic mass is 16.5. The quantitative estimate of drug-likeness (QED) is 0.792. The van der Waals surface area contributed by atoms with E-state index in [-0.39, 0.29) is 5.41 Å². The topological polar surface area (TPSA) is 77.8 Å². The van der Waals surface area contributed by atoms with Crippen LogP contribution in [0.1, 0.15) is 18.6 Å². The highest BCUT2D eigenvalue weighted by Crippen LogP contribution is 2.41. The lowest BCUT2D eigenvalue weighted by Crippen LogP contribution is -2.43. The number of aromatic nitrogens is 2. The van der Waals surface area contributed by atoms with E-state index in [9.17, 15) is 4.79 Å². The molecule has 1 atom stereocenters. The van der Waals surface area contributed by atoms with Gasteiger partial charge in [0.2, 0.25) is 5.91 Å². The van der Waals surface area contributed by atoms with Crippen LogP contribution in [-0.4, -0.2) is 89.8 Å². The van der Waals surface area contributed by atoms with Crippen molar-refractivity contribution in [3.8, 4) is 11.5 Å². The van der Waals surface area contributed by atoms with Crippen molar-refractivity contribution in [2.24, 2.45) is 5.41 Å². The molecule has 2 aromatic rings. The number of rotatable bonds is 6. The Labute approximate surface area is 170 Å². The summed E-state index contributed by atoms with van der Waals surface area (Å²) < 4.78 is 11.4. The average molecular weight is 399 g/mol. The van der Waals surface area contributed by atoms with Crippen LogP contribution in [0.4, 0.5) is 0 Å². The van der Waals surface area contributed by atoms with Gasteiger partial charge in [0.25, 0.3) is 0 Å². The van der Waals surface area contributed by atoms with Crippen molar-refractivity contribution in [1.29, 1.82) is 0 Å². The van der Waals surface area contributed by atoms with Crippen LogP contribution < -0.4 is 0 Å². The maximum atomic E-state index is 13.2. The molecule has 156 valence electrons. The second kappa shape index (κ2) is 7.93. The van der Waals surface area contributed by atoms with Crippen LogP contribution in [0.2, 0.25) is 0 Å². The first-order valence-corrected chi connectivity index (χ1v) is 10.6. The van der Waals surface area contributed by atoms with Gasteiger partial charge in [0, 0.05) is 45.5 Å². The fourth-order valence-electron chi connectivity index (χ4n) is 4.89. The first-order chi connectivity index (χ1) is 14.2. The molecule has 3 saturated heterocycles. The third-order valence-electron chi connectivity index (χ3n) is 6.63. The maximum absolute atomic E-state index is 13.2. The van der Waals surface area contributed by atoms with Gasteiger partial charge in [-0.15, -0.1) is 0 Å². The van der Waals surface area contributed by atoms with E-state index in [1.54, 1.807) is 6.20 Å². The highest BCUT2D eigenvalue weighted by Gasteiger charge is 2.50. The number of H-pyrrole nitrogens is 1. The first-order valence-electron chi connectivity index (χ1n) is 10.6. The molecule has 0 aliphatic carbocycles. The van der Waals surface area contributed by atoms with Crippen LogP contribution in [0, 0.1) is 5.41 Å². The van der Waals surface area contributed by atoms with Gasteiger partial charge in [0.15, 0.2) is 5.76 Å². The molecule has 3 fully saturated rings. The van der Waals surface area contributed by atoms with Crippen molar-refractivity contribution in [1.82, 2.24) is 24.9 Å². The highest BCUT2D eigenvalue weighted by molar-refractivity contribution is 5.85.